The normalized spacial score (nSPS) is 16.5. The number of benzene rings is 3. The van der Waals surface area contributed by atoms with E-state index >= 15 is 4.39 Å². The van der Waals surface area contributed by atoms with Crippen LogP contribution in [-0.4, -0.2) is 65.5 Å². The van der Waals surface area contributed by atoms with Gasteiger partial charge in [0.2, 0.25) is 5.43 Å². The van der Waals surface area contributed by atoms with Crippen LogP contribution in [0.15, 0.2) is 53.5 Å². The summed E-state index contributed by atoms with van der Waals surface area (Å²) in [6.07, 6.45) is 4.53. The first kappa shape index (κ1) is 25.3. The van der Waals surface area contributed by atoms with Crippen molar-refractivity contribution >= 4 is 33.3 Å². The van der Waals surface area contributed by atoms with Crippen molar-refractivity contribution in [2.45, 2.75) is 25.3 Å². The molecule has 1 fully saturated rings. The molecule has 1 aromatic heterocycles. The van der Waals surface area contributed by atoms with E-state index in [0.29, 0.717) is 29.5 Å². The van der Waals surface area contributed by atoms with Gasteiger partial charge in [-0.15, -0.1) is 0 Å². The Bertz CT molecular complexity index is 1670. The zero-order valence-electron chi connectivity index (χ0n) is 21.8. The molecular weight excluding hydrogens is 501 g/mol. The molecule has 39 heavy (non-hydrogen) atoms. The van der Waals surface area contributed by atoms with Crippen LogP contribution in [0.3, 0.4) is 0 Å². The number of hydroxylamine groups is 2. The number of nitrogens with zero attached hydrogens (tertiary/aromatic N) is 3. The van der Waals surface area contributed by atoms with E-state index in [1.165, 1.54) is 13.2 Å². The van der Waals surface area contributed by atoms with Gasteiger partial charge in [0.1, 0.15) is 16.8 Å². The molecule has 0 spiro atoms. The van der Waals surface area contributed by atoms with Crippen LogP contribution in [0.4, 0.5) is 10.1 Å². The van der Waals surface area contributed by atoms with Crippen molar-refractivity contribution in [2.24, 2.45) is 0 Å². The molecule has 1 atom stereocenters. The number of carbonyl (C=O) groups excluding carboxylic acids is 1. The number of amides is 1. The maximum absolute atomic E-state index is 15.4. The van der Waals surface area contributed by atoms with Crippen molar-refractivity contribution in [1.82, 2.24) is 19.8 Å². The van der Waals surface area contributed by atoms with E-state index in [-0.39, 0.29) is 29.1 Å². The van der Waals surface area contributed by atoms with Crippen molar-refractivity contribution in [1.29, 1.82) is 0 Å². The third kappa shape index (κ3) is 4.50. The number of anilines is 1. The first-order valence-corrected chi connectivity index (χ1v) is 13.1. The van der Waals surface area contributed by atoms with Crippen LogP contribution in [0.1, 0.15) is 29.6 Å². The summed E-state index contributed by atoms with van der Waals surface area (Å²) in [5.41, 5.74) is 0.342. The summed E-state index contributed by atoms with van der Waals surface area (Å²) in [5, 5.41) is 18.1. The molecular formula is C29H30FN5O4. The predicted molar refractivity (Wildman–Crippen MR) is 148 cm³/mol. The van der Waals surface area contributed by atoms with Crippen molar-refractivity contribution in [3.63, 3.8) is 0 Å². The SMILES string of the molecule is CN(O)CNc1c(F)cc2c(=O)c(C(=O)NCCC3CCCN3C)cn3c2c1Oc1cc2ccccc2cc1-3. The van der Waals surface area contributed by atoms with Crippen molar-refractivity contribution in [3.05, 3.63) is 70.3 Å². The van der Waals surface area contributed by atoms with Crippen LogP contribution in [0.5, 0.6) is 11.5 Å². The molecule has 3 aromatic carbocycles. The Balaban J connectivity index is 1.48. The quantitative estimate of drug-likeness (QED) is 0.213. The number of hydrogen-bond donors (Lipinski definition) is 3. The van der Waals surface area contributed by atoms with Gasteiger partial charge in [0.15, 0.2) is 17.3 Å². The van der Waals surface area contributed by atoms with Gasteiger partial charge in [-0.1, -0.05) is 24.3 Å². The number of rotatable bonds is 7. The summed E-state index contributed by atoms with van der Waals surface area (Å²) in [7, 11) is 3.50. The topological polar surface area (TPSA) is 99.1 Å². The first-order valence-electron chi connectivity index (χ1n) is 13.1. The lowest BCUT2D eigenvalue weighted by Gasteiger charge is -2.27. The Morgan fingerprint density at radius 2 is 2.00 bits per heavy atom. The smallest absolute Gasteiger partial charge is 0.256 e. The Kier molecular flexibility index (Phi) is 6.46. The van der Waals surface area contributed by atoms with Gasteiger partial charge in [-0.25, -0.2) is 4.39 Å². The molecule has 1 saturated heterocycles. The van der Waals surface area contributed by atoms with Crippen LogP contribution in [0.25, 0.3) is 27.4 Å². The molecule has 0 radical (unpaired) electrons. The Morgan fingerprint density at radius 3 is 2.72 bits per heavy atom. The van der Waals surface area contributed by atoms with Gasteiger partial charge in [-0.2, -0.15) is 5.06 Å². The van der Waals surface area contributed by atoms with Gasteiger partial charge in [0.25, 0.3) is 5.91 Å². The maximum atomic E-state index is 15.4. The third-order valence-corrected chi connectivity index (χ3v) is 7.66. The van der Waals surface area contributed by atoms with Crippen molar-refractivity contribution in [3.8, 4) is 17.2 Å². The third-order valence-electron chi connectivity index (χ3n) is 7.66. The Morgan fingerprint density at radius 1 is 1.23 bits per heavy atom. The average molecular weight is 532 g/mol. The average Bonchev–Trinajstić information content (AvgIpc) is 3.32. The van der Waals surface area contributed by atoms with E-state index in [4.69, 9.17) is 4.74 Å². The van der Waals surface area contributed by atoms with E-state index in [1.54, 1.807) is 4.57 Å². The highest BCUT2D eigenvalue weighted by Gasteiger charge is 2.29. The minimum Gasteiger partial charge on any atom is -0.451 e. The van der Waals surface area contributed by atoms with E-state index in [9.17, 15) is 14.8 Å². The van der Waals surface area contributed by atoms with Gasteiger partial charge in [0, 0.05) is 25.8 Å². The molecule has 0 saturated carbocycles. The summed E-state index contributed by atoms with van der Waals surface area (Å²) in [6, 6.07) is 13.1. The zero-order valence-corrected chi connectivity index (χ0v) is 21.8. The molecule has 0 aliphatic carbocycles. The highest BCUT2D eigenvalue weighted by atomic mass is 19.1. The van der Waals surface area contributed by atoms with Gasteiger partial charge in [0.05, 0.1) is 17.7 Å². The number of ether oxygens (including phenoxy) is 1. The molecule has 4 aromatic rings. The van der Waals surface area contributed by atoms with Crippen molar-refractivity contribution < 1.29 is 19.1 Å². The second-order valence-electron chi connectivity index (χ2n) is 10.3. The standard InChI is InChI=1S/C29H30FN5O4/c1-33-11-5-8-19(33)9-10-31-29(37)21-15-35-23-12-17-6-3-4-7-18(17)13-24(23)39-28-25(32-16-34(2)38)22(30)14-20(26(28)35)27(21)36/h3-4,6-7,12-15,19,32,38H,5,8-11,16H2,1-2H3,(H,31,37). The summed E-state index contributed by atoms with van der Waals surface area (Å²) >= 11 is 0. The van der Waals surface area contributed by atoms with Crippen LogP contribution in [-0.2, 0) is 0 Å². The van der Waals surface area contributed by atoms with E-state index < -0.39 is 17.2 Å². The molecule has 1 amide bonds. The highest BCUT2D eigenvalue weighted by Crippen LogP contribution is 2.46. The van der Waals surface area contributed by atoms with E-state index in [2.05, 4.69) is 22.6 Å². The Hall–Kier alpha value is -3.99. The number of halogens is 1. The second kappa shape index (κ2) is 9.96. The van der Waals surface area contributed by atoms with Crippen LogP contribution >= 0.6 is 0 Å². The number of carbonyl (C=O) groups is 1. The maximum Gasteiger partial charge on any atom is 0.256 e. The van der Waals surface area contributed by atoms with Crippen molar-refractivity contribution in [2.75, 3.05) is 39.2 Å². The highest BCUT2D eigenvalue weighted by molar-refractivity contribution is 6.02. The summed E-state index contributed by atoms with van der Waals surface area (Å²) in [6.45, 7) is 1.40. The number of hydrogen-bond acceptors (Lipinski definition) is 7. The molecule has 6 rings (SSSR count). The molecule has 0 bridgehead atoms. The van der Waals surface area contributed by atoms with Gasteiger partial charge in [-0.05, 0) is 61.8 Å². The number of fused-ring (bicyclic) bond motifs is 3. The van der Waals surface area contributed by atoms with Gasteiger partial charge >= 0.3 is 0 Å². The molecule has 10 heteroatoms. The molecule has 3 heterocycles. The monoisotopic (exact) mass is 531 g/mol. The number of nitrogens with one attached hydrogen (secondary N) is 2. The van der Waals surface area contributed by atoms with Crippen LogP contribution in [0, 0.1) is 5.82 Å². The van der Waals surface area contributed by atoms with E-state index in [0.717, 1.165) is 47.7 Å². The van der Waals surface area contributed by atoms with Crippen LogP contribution < -0.4 is 20.8 Å². The van der Waals surface area contributed by atoms with E-state index in [1.807, 2.05) is 36.4 Å². The molecule has 2 aliphatic heterocycles. The fourth-order valence-corrected chi connectivity index (χ4v) is 5.61. The minimum absolute atomic E-state index is 0.00763. The summed E-state index contributed by atoms with van der Waals surface area (Å²) < 4.78 is 23.4. The lowest BCUT2D eigenvalue weighted by Crippen LogP contribution is -2.34. The van der Waals surface area contributed by atoms with Crippen LogP contribution in [0.2, 0.25) is 0 Å². The molecule has 9 nitrogen and oxygen atoms in total. The fourth-order valence-electron chi connectivity index (χ4n) is 5.61. The minimum atomic E-state index is -0.728. The lowest BCUT2D eigenvalue weighted by molar-refractivity contribution is -0.0575. The molecule has 202 valence electrons. The summed E-state index contributed by atoms with van der Waals surface area (Å²) in [4.78, 5) is 29.1. The number of pyridine rings is 1. The van der Waals surface area contributed by atoms with Gasteiger partial charge < -0.3 is 30.0 Å². The number of aromatic nitrogens is 1. The summed E-state index contributed by atoms with van der Waals surface area (Å²) in [5.74, 6) is -0.656. The molecule has 2 aliphatic rings. The lowest BCUT2D eigenvalue weighted by atomic mass is 10.0. The first-order chi connectivity index (χ1) is 18.8. The molecule has 3 N–H and O–H groups in total. The zero-order chi connectivity index (χ0) is 27.3. The molecule has 1 unspecified atom stereocenters. The predicted octanol–water partition coefficient (Wildman–Crippen LogP) is 4.29. The number of likely N-dealkylation sites (tertiary alicyclic amines) is 1. The second-order valence-corrected chi connectivity index (χ2v) is 10.3. The fraction of sp³-hybridized carbons (Fsp3) is 0.310. The largest absolute Gasteiger partial charge is 0.451 e. The Labute approximate surface area is 224 Å². The van der Waals surface area contributed by atoms with Gasteiger partial charge in [-0.3, -0.25) is 9.59 Å².